The lowest BCUT2D eigenvalue weighted by molar-refractivity contribution is -0.129. The molecule has 0 aliphatic carbocycles. The molecule has 1 aliphatic heterocycles. The van der Waals surface area contributed by atoms with Crippen LogP contribution >= 0.6 is 0 Å². The topological polar surface area (TPSA) is 55.8 Å². The molecule has 1 fully saturated rings. The third-order valence-electron chi connectivity index (χ3n) is 3.51. The quantitative estimate of drug-likeness (QED) is 0.582. The normalized spacial score (nSPS) is 18.8. The second kappa shape index (κ2) is 6.26. The highest BCUT2D eigenvalue weighted by Gasteiger charge is 2.33. The molecule has 110 valence electrons. The van der Waals surface area contributed by atoms with Gasteiger partial charge in [0.25, 0.3) is 6.47 Å². The number of ether oxygens (including phenoxy) is 2. The summed E-state index contributed by atoms with van der Waals surface area (Å²) in [5.74, 6) is 0. The fraction of sp³-hybridized carbons (Fsp3) is 0.857. The fourth-order valence-electron chi connectivity index (χ4n) is 2.16. The number of carbonyl (C=O) groups excluding carboxylic acids is 2. The van der Waals surface area contributed by atoms with Gasteiger partial charge < -0.3 is 14.4 Å². The van der Waals surface area contributed by atoms with E-state index in [0.717, 1.165) is 19.3 Å². The second-order valence-electron chi connectivity index (χ2n) is 6.50. The van der Waals surface area contributed by atoms with Crippen LogP contribution in [0.4, 0.5) is 4.79 Å². The molecule has 0 aromatic carbocycles. The zero-order valence-electron chi connectivity index (χ0n) is 12.4. The summed E-state index contributed by atoms with van der Waals surface area (Å²) < 4.78 is 10.1. The van der Waals surface area contributed by atoms with Crippen LogP contribution in [0.25, 0.3) is 0 Å². The zero-order valence-corrected chi connectivity index (χ0v) is 12.4. The standard InChI is InChI=1S/C14H25NO4/c1-13(2,3)19-12(17)15-8-5-14(4,6-9-15)7-10-18-11-16/h11H,5-10H2,1-4H3. The Labute approximate surface area is 115 Å². The lowest BCUT2D eigenvalue weighted by Crippen LogP contribution is -2.44. The van der Waals surface area contributed by atoms with Crippen molar-refractivity contribution in [3.63, 3.8) is 0 Å². The molecule has 5 nitrogen and oxygen atoms in total. The Bertz CT molecular complexity index is 314. The van der Waals surface area contributed by atoms with Crippen LogP contribution in [0.5, 0.6) is 0 Å². The minimum absolute atomic E-state index is 0.140. The van der Waals surface area contributed by atoms with Crippen molar-refractivity contribution in [3.8, 4) is 0 Å². The molecule has 0 bridgehead atoms. The smallest absolute Gasteiger partial charge is 0.410 e. The van der Waals surface area contributed by atoms with Crippen molar-refractivity contribution < 1.29 is 19.1 Å². The van der Waals surface area contributed by atoms with Gasteiger partial charge in [0.1, 0.15) is 5.60 Å². The van der Waals surface area contributed by atoms with Gasteiger partial charge in [0.15, 0.2) is 0 Å². The molecule has 0 unspecified atom stereocenters. The number of rotatable bonds is 4. The molecule has 1 amide bonds. The Morgan fingerprint density at radius 2 is 1.89 bits per heavy atom. The molecule has 5 heteroatoms. The van der Waals surface area contributed by atoms with Crippen LogP contribution < -0.4 is 0 Å². The van der Waals surface area contributed by atoms with E-state index in [1.54, 1.807) is 4.90 Å². The van der Waals surface area contributed by atoms with E-state index in [9.17, 15) is 9.59 Å². The van der Waals surface area contributed by atoms with Gasteiger partial charge in [-0.2, -0.15) is 0 Å². The minimum atomic E-state index is -0.449. The maximum atomic E-state index is 11.9. The molecular weight excluding hydrogens is 246 g/mol. The van der Waals surface area contributed by atoms with Gasteiger partial charge >= 0.3 is 6.09 Å². The van der Waals surface area contributed by atoms with E-state index in [-0.39, 0.29) is 11.5 Å². The van der Waals surface area contributed by atoms with E-state index in [4.69, 9.17) is 9.47 Å². The first-order chi connectivity index (χ1) is 8.76. The van der Waals surface area contributed by atoms with Crippen LogP contribution in [0, 0.1) is 5.41 Å². The molecule has 1 aliphatic rings. The maximum absolute atomic E-state index is 11.9. The van der Waals surface area contributed by atoms with Crippen molar-refractivity contribution in [2.75, 3.05) is 19.7 Å². The minimum Gasteiger partial charge on any atom is -0.468 e. The summed E-state index contributed by atoms with van der Waals surface area (Å²) in [7, 11) is 0. The summed E-state index contributed by atoms with van der Waals surface area (Å²) >= 11 is 0. The van der Waals surface area contributed by atoms with Gasteiger partial charge in [0.05, 0.1) is 6.61 Å². The van der Waals surface area contributed by atoms with Gasteiger partial charge in [0, 0.05) is 13.1 Å². The summed E-state index contributed by atoms with van der Waals surface area (Å²) in [6, 6.07) is 0. The van der Waals surface area contributed by atoms with Gasteiger partial charge in [-0.1, -0.05) is 6.92 Å². The monoisotopic (exact) mass is 271 g/mol. The van der Waals surface area contributed by atoms with Crippen LogP contribution in [0.1, 0.15) is 47.0 Å². The number of piperidine rings is 1. The summed E-state index contributed by atoms with van der Waals surface area (Å²) in [5, 5.41) is 0. The lowest BCUT2D eigenvalue weighted by atomic mass is 9.78. The molecule has 1 saturated heterocycles. The summed E-state index contributed by atoms with van der Waals surface area (Å²) in [6.45, 7) is 10.1. The molecule has 0 atom stereocenters. The van der Waals surface area contributed by atoms with Crippen LogP contribution in [0.2, 0.25) is 0 Å². The summed E-state index contributed by atoms with van der Waals surface area (Å²) in [4.78, 5) is 23.8. The number of likely N-dealkylation sites (tertiary alicyclic amines) is 1. The Morgan fingerprint density at radius 3 is 2.37 bits per heavy atom. The van der Waals surface area contributed by atoms with E-state index in [1.165, 1.54) is 0 Å². The van der Waals surface area contributed by atoms with Crippen molar-refractivity contribution in [2.45, 2.75) is 52.6 Å². The summed E-state index contributed by atoms with van der Waals surface area (Å²) in [6.07, 6.45) is 2.43. The molecule has 0 aromatic rings. The van der Waals surface area contributed by atoms with Crippen LogP contribution in [-0.4, -0.2) is 42.8 Å². The Morgan fingerprint density at radius 1 is 1.32 bits per heavy atom. The second-order valence-corrected chi connectivity index (χ2v) is 6.50. The Kier molecular flexibility index (Phi) is 5.20. The Balaban J connectivity index is 2.39. The van der Waals surface area contributed by atoms with Crippen molar-refractivity contribution in [2.24, 2.45) is 5.41 Å². The van der Waals surface area contributed by atoms with Crippen molar-refractivity contribution >= 4 is 12.6 Å². The predicted molar refractivity (Wildman–Crippen MR) is 71.8 cm³/mol. The fourth-order valence-corrected chi connectivity index (χ4v) is 2.16. The molecule has 1 rings (SSSR count). The number of carbonyl (C=O) groups is 2. The first kappa shape index (κ1) is 15.8. The highest BCUT2D eigenvalue weighted by Crippen LogP contribution is 2.34. The van der Waals surface area contributed by atoms with Crippen LogP contribution in [0.3, 0.4) is 0 Å². The largest absolute Gasteiger partial charge is 0.468 e. The molecule has 0 saturated carbocycles. The van der Waals surface area contributed by atoms with Gasteiger partial charge in [0.2, 0.25) is 0 Å². The number of nitrogens with zero attached hydrogens (tertiary/aromatic N) is 1. The number of hydrogen-bond acceptors (Lipinski definition) is 4. The van der Waals surface area contributed by atoms with Crippen molar-refractivity contribution in [1.29, 1.82) is 0 Å². The maximum Gasteiger partial charge on any atom is 0.410 e. The zero-order chi connectivity index (χ0) is 14.5. The highest BCUT2D eigenvalue weighted by atomic mass is 16.6. The van der Waals surface area contributed by atoms with Gasteiger partial charge in [-0.3, -0.25) is 4.79 Å². The van der Waals surface area contributed by atoms with Crippen molar-refractivity contribution in [1.82, 2.24) is 4.90 Å². The van der Waals surface area contributed by atoms with Crippen LogP contribution in [0.15, 0.2) is 0 Å². The lowest BCUT2D eigenvalue weighted by Gasteiger charge is -2.39. The number of amides is 1. The Hall–Kier alpha value is -1.26. The van der Waals surface area contributed by atoms with E-state index >= 15 is 0 Å². The molecule has 0 N–H and O–H groups in total. The molecular formula is C14H25NO4. The van der Waals surface area contributed by atoms with Gasteiger partial charge in [-0.15, -0.1) is 0 Å². The molecule has 1 heterocycles. The molecule has 0 aromatic heterocycles. The van der Waals surface area contributed by atoms with Gasteiger partial charge in [-0.05, 0) is 45.4 Å². The van der Waals surface area contributed by atoms with Crippen LogP contribution in [-0.2, 0) is 14.3 Å². The van der Waals surface area contributed by atoms with Crippen molar-refractivity contribution in [3.05, 3.63) is 0 Å². The molecule has 0 spiro atoms. The molecule has 19 heavy (non-hydrogen) atoms. The van der Waals surface area contributed by atoms with E-state index in [0.29, 0.717) is 26.2 Å². The first-order valence-corrected chi connectivity index (χ1v) is 6.79. The average molecular weight is 271 g/mol. The van der Waals surface area contributed by atoms with E-state index in [1.807, 2.05) is 20.8 Å². The molecule has 0 radical (unpaired) electrons. The van der Waals surface area contributed by atoms with E-state index < -0.39 is 5.60 Å². The highest BCUT2D eigenvalue weighted by molar-refractivity contribution is 5.68. The average Bonchev–Trinajstić information content (AvgIpc) is 2.27. The number of hydrogen-bond donors (Lipinski definition) is 0. The predicted octanol–water partition coefficient (Wildman–Crippen LogP) is 2.59. The first-order valence-electron chi connectivity index (χ1n) is 6.79. The third kappa shape index (κ3) is 5.49. The third-order valence-corrected chi connectivity index (χ3v) is 3.51. The van der Waals surface area contributed by atoms with E-state index in [2.05, 4.69) is 6.92 Å². The summed E-state index contributed by atoms with van der Waals surface area (Å²) in [5.41, 5.74) is -0.308. The SMILES string of the molecule is CC1(CCOC=O)CCN(C(=O)OC(C)(C)C)CC1. The van der Waals surface area contributed by atoms with Gasteiger partial charge in [-0.25, -0.2) is 4.79 Å².